The third-order valence-corrected chi connectivity index (χ3v) is 4.44. The number of hydrazone groups is 1. The van der Waals surface area contributed by atoms with Gasteiger partial charge in [-0.15, -0.1) is 0 Å². The maximum atomic E-state index is 12.7. The van der Waals surface area contributed by atoms with Gasteiger partial charge in [-0.3, -0.25) is 10.2 Å². The highest BCUT2D eigenvalue weighted by atomic mass is 35.5. The van der Waals surface area contributed by atoms with Gasteiger partial charge in [0.15, 0.2) is 11.5 Å². The number of Topliss-reactive ketones (excluding diaryl/α,β-unsaturated/α-hetero) is 1. The molecule has 0 bridgehead atoms. The molecule has 0 saturated carbocycles. The van der Waals surface area contributed by atoms with Gasteiger partial charge in [0.2, 0.25) is 0 Å². The summed E-state index contributed by atoms with van der Waals surface area (Å²) in [5.74, 6) is -1.82. The number of benzene rings is 2. The highest BCUT2D eigenvalue weighted by Crippen LogP contribution is 2.25. The minimum absolute atomic E-state index is 0.0668. The number of carbonyl (C=O) groups excluding carboxylic acids is 2. The first-order chi connectivity index (χ1) is 12.8. The number of rotatable bonds is 7. The van der Waals surface area contributed by atoms with Crippen LogP contribution >= 0.6 is 34.8 Å². The van der Waals surface area contributed by atoms with E-state index in [2.05, 4.69) is 10.5 Å². The van der Waals surface area contributed by atoms with Crippen LogP contribution in [0.15, 0.2) is 47.6 Å². The van der Waals surface area contributed by atoms with Crippen molar-refractivity contribution >= 4 is 58.0 Å². The van der Waals surface area contributed by atoms with E-state index in [1.54, 1.807) is 50.2 Å². The summed E-state index contributed by atoms with van der Waals surface area (Å²) in [6.45, 7) is 3.41. The van der Waals surface area contributed by atoms with E-state index < -0.39 is 11.9 Å². The van der Waals surface area contributed by atoms with E-state index in [4.69, 9.17) is 39.5 Å². The summed E-state index contributed by atoms with van der Waals surface area (Å²) in [6, 6.07) is 11.2. The van der Waals surface area contributed by atoms with E-state index in [0.29, 0.717) is 26.3 Å². The molecule has 0 radical (unpaired) electrons. The van der Waals surface area contributed by atoms with Crippen LogP contribution in [0.3, 0.4) is 0 Å². The molecule has 2 aromatic rings. The minimum atomic E-state index is -0.844. The molecule has 8 heteroatoms. The van der Waals surface area contributed by atoms with Crippen LogP contribution in [0.4, 0.5) is 5.69 Å². The molecule has 142 valence electrons. The first-order valence-corrected chi connectivity index (χ1v) is 9.22. The Morgan fingerprint density at radius 3 is 2.30 bits per heavy atom. The Kier molecular flexibility index (Phi) is 7.66. The number of esters is 1. The number of hydrogen-bond acceptors (Lipinski definition) is 5. The van der Waals surface area contributed by atoms with Crippen molar-refractivity contribution < 1.29 is 14.3 Å². The lowest BCUT2D eigenvalue weighted by molar-refractivity contribution is -0.135. The molecule has 0 spiro atoms. The molecule has 0 fully saturated rings. The third-order valence-electron chi connectivity index (χ3n) is 3.64. The largest absolute Gasteiger partial charge is 0.461 e. The molecular formula is C19H17Cl3N2O3. The quantitative estimate of drug-likeness (QED) is 0.274. The maximum Gasteiger partial charge on any atom is 0.355 e. The van der Waals surface area contributed by atoms with Gasteiger partial charge in [-0.05, 0) is 56.3 Å². The predicted molar refractivity (Wildman–Crippen MR) is 109 cm³/mol. The van der Waals surface area contributed by atoms with Crippen LogP contribution in [0, 0.1) is 5.92 Å². The predicted octanol–water partition coefficient (Wildman–Crippen LogP) is 5.50. The Hall–Kier alpha value is -2.08. The number of ketones is 1. The molecule has 0 saturated heterocycles. The topological polar surface area (TPSA) is 67.8 Å². The number of halogens is 3. The molecule has 5 nitrogen and oxygen atoms in total. The average Bonchev–Trinajstić information content (AvgIpc) is 2.63. The van der Waals surface area contributed by atoms with Crippen molar-refractivity contribution in [3.63, 3.8) is 0 Å². The first kappa shape index (κ1) is 21.2. The van der Waals surface area contributed by atoms with Crippen LogP contribution in [0.25, 0.3) is 0 Å². The fraction of sp³-hybridized carbons (Fsp3) is 0.211. The van der Waals surface area contributed by atoms with Crippen LogP contribution in [0.1, 0.15) is 24.2 Å². The Labute approximate surface area is 172 Å². The lowest BCUT2D eigenvalue weighted by Gasteiger charge is -2.14. The lowest BCUT2D eigenvalue weighted by Crippen LogP contribution is -2.31. The zero-order chi connectivity index (χ0) is 20.0. The fourth-order valence-corrected chi connectivity index (χ4v) is 2.79. The molecule has 27 heavy (non-hydrogen) atoms. The number of anilines is 1. The summed E-state index contributed by atoms with van der Waals surface area (Å²) in [5, 5.41) is 5.39. The van der Waals surface area contributed by atoms with Crippen LogP contribution in [-0.2, 0) is 9.53 Å². The second-order valence-electron chi connectivity index (χ2n) is 5.55. The summed E-state index contributed by atoms with van der Waals surface area (Å²) in [4.78, 5) is 25.0. The molecule has 1 N–H and O–H groups in total. The molecule has 0 aromatic heterocycles. The Morgan fingerprint density at radius 2 is 1.70 bits per heavy atom. The van der Waals surface area contributed by atoms with Gasteiger partial charge in [0.05, 0.1) is 23.2 Å². The smallest absolute Gasteiger partial charge is 0.355 e. The molecule has 0 heterocycles. The Morgan fingerprint density at radius 1 is 1.07 bits per heavy atom. The fourth-order valence-electron chi connectivity index (χ4n) is 2.21. The molecule has 1 unspecified atom stereocenters. The highest BCUT2D eigenvalue weighted by Gasteiger charge is 2.28. The zero-order valence-corrected chi connectivity index (χ0v) is 16.9. The van der Waals surface area contributed by atoms with Crippen molar-refractivity contribution in [3.8, 4) is 0 Å². The standard InChI is InChI=1S/C19H17Cl3N2O3/c1-3-27-19(26)17(24-23-16-9-8-14(21)10-15(16)22)11(2)18(25)12-4-6-13(20)7-5-12/h4-11,23H,3H2,1-2H3/b24-17+. The maximum absolute atomic E-state index is 12.7. The average molecular weight is 428 g/mol. The van der Waals surface area contributed by atoms with Gasteiger partial charge >= 0.3 is 5.97 Å². The SMILES string of the molecule is CCOC(=O)/C(=N/Nc1ccc(Cl)cc1Cl)C(C)C(=O)c1ccc(Cl)cc1. The van der Waals surface area contributed by atoms with E-state index in [9.17, 15) is 9.59 Å². The van der Waals surface area contributed by atoms with E-state index in [0.717, 1.165) is 0 Å². The number of carbonyl (C=O) groups is 2. The first-order valence-electron chi connectivity index (χ1n) is 8.09. The highest BCUT2D eigenvalue weighted by molar-refractivity contribution is 6.42. The molecule has 2 rings (SSSR count). The molecule has 0 aliphatic heterocycles. The number of ether oxygens (including phenoxy) is 1. The summed E-state index contributed by atoms with van der Waals surface area (Å²) < 4.78 is 5.03. The van der Waals surface area contributed by atoms with Crippen LogP contribution in [0.2, 0.25) is 15.1 Å². The normalized spacial score (nSPS) is 12.4. The molecule has 0 aliphatic carbocycles. The summed E-state index contributed by atoms with van der Waals surface area (Å²) in [6.07, 6.45) is 0. The van der Waals surface area contributed by atoms with E-state index in [-0.39, 0.29) is 18.1 Å². The summed E-state index contributed by atoms with van der Waals surface area (Å²) in [5.41, 5.74) is 3.48. The van der Waals surface area contributed by atoms with Crippen molar-refractivity contribution in [2.24, 2.45) is 11.0 Å². The number of nitrogens with zero attached hydrogens (tertiary/aromatic N) is 1. The molecule has 2 aromatic carbocycles. The Bertz CT molecular complexity index is 867. The van der Waals surface area contributed by atoms with Crippen molar-refractivity contribution in [1.29, 1.82) is 0 Å². The summed E-state index contributed by atoms with van der Waals surface area (Å²) >= 11 is 17.8. The van der Waals surface area contributed by atoms with Gasteiger partial charge in [-0.2, -0.15) is 5.10 Å². The number of nitrogens with one attached hydrogen (secondary N) is 1. The van der Waals surface area contributed by atoms with Gasteiger partial charge in [0.25, 0.3) is 0 Å². The molecular weight excluding hydrogens is 411 g/mol. The van der Waals surface area contributed by atoms with Gasteiger partial charge in [-0.25, -0.2) is 4.79 Å². The van der Waals surface area contributed by atoms with E-state index >= 15 is 0 Å². The molecule has 0 amide bonds. The van der Waals surface area contributed by atoms with Gasteiger partial charge in [0.1, 0.15) is 0 Å². The van der Waals surface area contributed by atoms with E-state index in [1.165, 1.54) is 6.07 Å². The van der Waals surface area contributed by atoms with Crippen molar-refractivity contribution in [2.75, 3.05) is 12.0 Å². The van der Waals surface area contributed by atoms with Crippen LogP contribution < -0.4 is 5.43 Å². The lowest BCUT2D eigenvalue weighted by atomic mass is 9.95. The molecule has 0 aliphatic rings. The monoisotopic (exact) mass is 426 g/mol. The summed E-state index contributed by atoms with van der Waals surface area (Å²) in [7, 11) is 0. The Balaban J connectivity index is 2.30. The second-order valence-corrected chi connectivity index (χ2v) is 6.83. The number of hydrogen-bond donors (Lipinski definition) is 1. The van der Waals surface area contributed by atoms with Crippen LogP contribution in [-0.4, -0.2) is 24.1 Å². The second kappa shape index (κ2) is 9.74. The third kappa shape index (κ3) is 5.70. The van der Waals surface area contributed by atoms with Gasteiger partial charge in [0, 0.05) is 15.6 Å². The van der Waals surface area contributed by atoms with Gasteiger partial charge < -0.3 is 4.74 Å². The zero-order valence-electron chi connectivity index (χ0n) is 14.6. The van der Waals surface area contributed by atoms with Crippen molar-refractivity contribution in [3.05, 3.63) is 63.1 Å². The van der Waals surface area contributed by atoms with Crippen molar-refractivity contribution in [2.45, 2.75) is 13.8 Å². The molecule has 1 atom stereocenters. The van der Waals surface area contributed by atoms with Crippen LogP contribution in [0.5, 0.6) is 0 Å². The minimum Gasteiger partial charge on any atom is -0.461 e. The van der Waals surface area contributed by atoms with Crippen molar-refractivity contribution in [1.82, 2.24) is 0 Å². The van der Waals surface area contributed by atoms with E-state index in [1.807, 2.05) is 0 Å². The van der Waals surface area contributed by atoms with Gasteiger partial charge in [-0.1, -0.05) is 34.8 Å².